The Hall–Kier alpha value is -5.03. The number of hydrogen-bond donors (Lipinski definition) is 0. The molecular weight excluding hydrogens is 514 g/mol. The van der Waals surface area contributed by atoms with Crippen LogP contribution in [0.2, 0.25) is 0 Å². The van der Waals surface area contributed by atoms with Gasteiger partial charge in [0.2, 0.25) is 0 Å². The van der Waals surface area contributed by atoms with Crippen molar-refractivity contribution < 1.29 is 0 Å². The topological polar surface area (TPSA) is 64.5 Å². The first-order chi connectivity index (χ1) is 20.3. The average molecular weight is 544 g/mol. The summed E-state index contributed by atoms with van der Waals surface area (Å²) in [5.41, 5.74) is 12.0. The molecule has 3 aromatic heterocycles. The molecule has 0 bridgehead atoms. The predicted octanol–water partition coefficient (Wildman–Crippen LogP) is 8.28. The minimum absolute atomic E-state index is 0.118. The van der Waals surface area contributed by atoms with Crippen molar-refractivity contribution in [3.05, 3.63) is 126 Å². The molecule has 0 saturated heterocycles. The molecule has 2 aliphatic carbocycles. The summed E-state index contributed by atoms with van der Waals surface area (Å²) in [6, 6.07) is 31.3. The second-order valence-electron chi connectivity index (χ2n) is 12.3. The van der Waals surface area contributed by atoms with Crippen molar-refractivity contribution >= 4 is 0 Å². The van der Waals surface area contributed by atoms with Crippen molar-refractivity contribution in [2.75, 3.05) is 0 Å². The molecule has 0 N–H and O–H groups in total. The van der Waals surface area contributed by atoms with E-state index < -0.39 is 0 Å². The minimum Gasteiger partial charge on any atom is -0.256 e. The maximum absolute atomic E-state index is 5.08. The van der Waals surface area contributed by atoms with E-state index in [1.54, 1.807) is 0 Å². The van der Waals surface area contributed by atoms with Crippen LogP contribution in [0.25, 0.3) is 56.7 Å². The molecule has 0 atom stereocenters. The van der Waals surface area contributed by atoms with E-state index in [0.29, 0.717) is 17.5 Å². The van der Waals surface area contributed by atoms with E-state index in [2.05, 4.69) is 52.0 Å². The van der Waals surface area contributed by atoms with Crippen molar-refractivity contribution in [3.63, 3.8) is 0 Å². The second kappa shape index (κ2) is 8.73. The summed E-state index contributed by atoms with van der Waals surface area (Å²) in [6.07, 6.45) is 3.81. The van der Waals surface area contributed by atoms with E-state index in [4.69, 9.17) is 24.9 Å². The Bertz CT molecular complexity index is 1970. The van der Waals surface area contributed by atoms with Gasteiger partial charge in [0.05, 0.1) is 11.4 Å². The molecular formula is C37H29N5. The van der Waals surface area contributed by atoms with Gasteiger partial charge in [-0.2, -0.15) is 0 Å². The molecule has 0 fully saturated rings. The first-order valence-electron chi connectivity index (χ1n) is 14.4. The number of benzene rings is 3. The Morgan fingerprint density at radius 1 is 0.452 bits per heavy atom. The number of pyridine rings is 2. The van der Waals surface area contributed by atoms with E-state index in [1.165, 1.54) is 33.4 Å². The number of fused-ring (bicyclic) bond motifs is 6. The highest BCUT2D eigenvalue weighted by Gasteiger charge is 2.42. The summed E-state index contributed by atoms with van der Waals surface area (Å²) >= 11 is 0. The van der Waals surface area contributed by atoms with Gasteiger partial charge in [-0.15, -0.1) is 0 Å². The van der Waals surface area contributed by atoms with Gasteiger partial charge in [0.15, 0.2) is 17.5 Å². The molecule has 0 spiro atoms. The highest BCUT2D eigenvalue weighted by molar-refractivity contribution is 5.87. The van der Waals surface area contributed by atoms with E-state index in [0.717, 1.165) is 28.1 Å². The summed E-state index contributed by atoms with van der Waals surface area (Å²) in [4.78, 5) is 24.6. The summed E-state index contributed by atoms with van der Waals surface area (Å²) in [5, 5.41) is 0. The largest absolute Gasteiger partial charge is 0.256 e. The van der Waals surface area contributed by atoms with Crippen LogP contribution in [-0.2, 0) is 10.8 Å². The Morgan fingerprint density at radius 3 is 1.52 bits per heavy atom. The zero-order valence-electron chi connectivity index (χ0n) is 24.1. The lowest BCUT2D eigenvalue weighted by atomic mass is 9.79. The van der Waals surface area contributed by atoms with Gasteiger partial charge in [-0.05, 0) is 46.5 Å². The average Bonchev–Trinajstić information content (AvgIpc) is 3.40. The molecule has 0 radical (unpaired) electrons. The third kappa shape index (κ3) is 3.53. The molecule has 202 valence electrons. The first-order valence-corrected chi connectivity index (χ1v) is 14.4. The Morgan fingerprint density at radius 2 is 0.952 bits per heavy atom. The first kappa shape index (κ1) is 24.7. The Balaban J connectivity index is 1.29. The quantitative estimate of drug-likeness (QED) is 0.225. The second-order valence-corrected chi connectivity index (χ2v) is 12.3. The molecule has 2 aliphatic rings. The number of aromatic nitrogens is 5. The fraction of sp³-hybridized carbons (Fsp3) is 0.162. The molecule has 0 saturated carbocycles. The molecule has 6 aromatic rings. The van der Waals surface area contributed by atoms with Crippen LogP contribution >= 0.6 is 0 Å². The van der Waals surface area contributed by atoms with Crippen molar-refractivity contribution in [2.45, 2.75) is 38.5 Å². The fourth-order valence-electron chi connectivity index (χ4n) is 6.66. The van der Waals surface area contributed by atoms with E-state index in [-0.39, 0.29) is 10.8 Å². The predicted molar refractivity (Wildman–Crippen MR) is 167 cm³/mol. The van der Waals surface area contributed by atoms with Gasteiger partial charge in [0, 0.05) is 51.0 Å². The standard InChI is InChI=1S/C37H29N5/c1-36(2)27-16-11-17-38-31(27)25-19-29-26(20-28(25)36)32-30(37(29,3)4)18-24(21-39-32)35-41-33(22-12-7-5-8-13-22)40-34(42-35)23-14-9-6-10-15-23/h5-21H,1-4H3. The Kier molecular flexibility index (Phi) is 5.14. The van der Waals surface area contributed by atoms with Crippen LogP contribution in [0.3, 0.4) is 0 Å². The highest BCUT2D eigenvalue weighted by Crippen LogP contribution is 2.55. The molecule has 0 amide bonds. The van der Waals surface area contributed by atoms with E-state index >= 15 is 0 Å². The zero-order chi connectivity index (χ0) is 28.6. The van der Waals surface area contributed by atoms with Crippen LogP contribution in [0, 0.1) is 0 Å². The van der Waals surface area contributed by atoms with E-state index in [1.807, 2.05) is 79.1 Å². The van der Waals surface area contributed by atoms with Crippen LogP contribution in [-0.4, -0.2) is 24.9 Å². The molecule has 0 unspecified atom stereocenters. The third-order valence-corrected chi connectivity index (χ3v) is 9.01. The molecule has 3 aromatic carbocycles. The fourth-order valence-corrected chi connectivity index (χ4v) is 6.66. The zero-order valence-corrected chi connectivity index (χ0v) is 24.1. The van der Waals surface area contributed by atoms with Crippen molar-refractivity contribution in [2.24, 2.45) is 0 Å². The van der Waals surface area contributed by atoms with Crippen LogP contribution in [0.4, 0.5) is 0 Å². The number of hydrogen-bond acceptors (Lipinski definition) is 5. The van der Waals surface area contributed by atoms with Gasteiger partial charge in [0.25, 0.3) is 0 Å². The van der Waals surface area contributed by atoms with Gasteiger partial charge in [-0.1, -0.05) is 94.4 Å². The monoisotopic (exact) mass is 543 g/mol. The molecule has 0 aliphatic heterocycles. The Labute approximate surface area is 245 Å². The van der Waals surface area contributed by atoms with Gasteiger partial charge in [-0.25, -0.2) is 15.0 Å². The molecule has 5 nitrogen and oxygen atoms in total. The van der Waals surface area contributed by atoms with Crippen molar-refractivity contribution in [1.82, 2.24) is 24.9 Å². The highest BCUT2D eigenvalue weighted by atomic mass is 15.0. The number of nitrogens with zero attached hydrogens (tertiary/aromatic N) is 5. The molecule has 3 heterocycles. The van der Waals surface area contributed by atoms with Crippen molar-refractivity contribution in [1.29, 1.82) is 0 Å². The summed E-state index contributed by atoms with van der Waals surface area (Å²) in [5.74, 6) is 1.91. The minimum atomic E-state index is -0.248. The third-order valence-electron chi connectivity index (χ3n) is 9.01. The van der Waals surface area contributed by atoms with Gasteiger partial charge >= 0.3 is 0 Å². The smallest absolute Gasteiger partial charge is 0.165 e. The lowest BCUT2D eigenvalue weighted by Crippen LogP contribution is -2.17. The molecule has 8 rings (SSSR count). The van der Waals surface area contributed by atoms with Gasteiger partial charge in [0.1, 0.15) is 0 Å². The van der Waals surface area contributed by atoms with Crippen LogP contribution in [0.5, 0.6) is 0 Å². The van der Waals surface area contributed by atoms with Crippen molar-refractivity contribution in [3.8, 4) is 56.7 Å². The molecule has 5 heteroatoms. The maximum Gasteiger partial charge on any atom is 0.165 e. The SMILES string of the molecule is CC1(C)c2cc3c(cc2-c2ncccc21)C(C)(C)c1cc(-c2nc(-c4ccccc4)nc(-c4ccccc4)n2)cnc1-3. The molecule has 42 heavy (non-hydrogen) atoms. The van der Waals surface area contributed by atoms with Crippen LogP contribution in [0.1, 0.15) is 49.9 Å². The normalized spacial score (nSPS) is 15.0. The lowest BCUT2D eigenvalue weighted by Gasteiger charge is -2.24. The summed E-state index contributed by atoms with van der Waals surface area (Å²) in [7, 11) is 0. The lowest BCUT2D eigenvalue weighted by molar-refractivity contribution is 0.651. The number of rotatable bonds is 3. The summed E-state index contributed by atoms with van der Waals surface area (Å²) in [6.45, 7) is 9.15. The van der Waals surface area contributed by atoms with Crippen LogP contribution in [0.15, 0.2) is 103 Å². The van der Waals surface area contributed by atoms with E-state index in [9.17, 15) is 0 Å². The van der Waals surface area contributed by atoms with Gasteiger partial charge in [-0.3, -0.25) is 9.97 Å². The maximum atomic E-state index is 5.08. The summed E-state index contributed by atoms with van der Waals surface area (Å²) < 4.78 is 0. The van der Waals surface area contributed by atoms with Crippen LogP contribution < -0.4 is 0 Å². The van der Waals surface area contributed by atoms with Gasteiger partial charge < -0.3 is 0 Å².